The number of carbonyl (C=O) groups excluding carboxylic acids is 1. The molecular weight excluding hydrogens is 461 g/mol. The molecule has 2 atom stereocenters. The van der Waals surface area contributed by atoms with E-state index >= 15 is 0 Å². The third-order valence-electron chi connectivity index (χ3n) is 5.33. The summed E-state index contributed by atoms with van der Waals surface area (Å²) in [4.78, 5) is 12.6. The Hall–Kier alpha value is -3.40. The molecule has 1 aliphatic heterocycles. The molecule has 0 bridgehead atoms. The predicted molar refractivity (Wildman–Crippen MR) is 117 cm³/mol. The van der Waals surface area contributed by atoms with Crippen LogP contribution in [-0.4, -0.2) is 36.1 Å². The number of amides is 1. The number of hydrogen-bond donors (Lipinski definition) is 2. The van der Waals surface area contributed by atoms with Crippen LogP contribution in [0.3, 0.4) is 0 Å². The number of ether oxygens (including phenoxy) is 2. The highest BCUT2D eigenvalue weighted by atomic mass is 35.5. The predicted octanol–water partition coefficient (Wildman–Crippen LogP) is 5.47. The fourth-order valence-corrected chi connectivity index (χ4v) is 3.83. The van der Waals surface area contributed by atoms with Crippen molar-refractivity contribution in [3.05, 3.63) is 64.8 Å². The Balaban J connectivity index is 1.64. The zero-order chi connectivity index (χ0) is 23.8. The average Bonchev–Trinajstić information content (AvgIpc) is 3.23. The van der Waals surface area contributed by atoms with Crippen molar-refractivity contribution >= 4 is 29.0 Å². The first-order chi connectivity index (χ1) is 15.7. The fraction of sp³-hybridized carbons (Fsp3) is 0.273. The van der Waals surface area contributed by atoms with Crippen molar-refractivity contribution in [1.29, 1.82) is 0 Å². The molecule has 0 spiro atoms. The van der Waals surface area contributed by atoms with Crippen molar-refractivity contribution in [2.75, 3.05) is 24.9 Å². The van der Waals surface area contributed by atoms with Crippen LogP contribution < -0.4 is 20.1 Å². The molecule has 174 valence electrons. The molecule has 0 fully saturated rings. The number of nitrogens with one attached hydrogen (secondary N) is 2. The van der Waals surface area contributed by atoms with Gasteiger partial charge in [0.05, 0.1) is 20.3 Å². The molecule has 33 heavy (non-hydrogen) atoms. The molecule has 3 aromatic rings. The monoisotopic (exact) mass is 480 g/mol. The van der Waals surface area contributed by atoms with Crippen molar-refractivity contribution < 1.29 is 27.4 Å². The quantitative estimate of drug-likeness (QED) is 0.506. The third kappa shape index (κ3) is 4.70. The third-order valence-corrected chi connectivity index (χ3v) is 5.59. The van der Waals surface area contributed by atoms with E-state index in [4.69, 9.17) is 21.1 Å². The van der Waals surface area contributed by atoms with Crippen molar-refractivity contribution in [2.45, 2.75) is 24.7 Å². The standard InChI is InChI=1S/C22H20ClF3N4O3/c1-32-17-8-3-12(9-18(17)33-2)15-10-19(22(24,25)26)30-20(28-15)11-16(29-30)21(31)27-14-6-4-13(23)5-7-14/h3-9,11,15,19,28H,10H2,1-2H3,(H,27,31). The van der Waals surface area contributed by atoms with Gasteiger partial charge in [-0.2, -0.15) is 18.3 Å². The largest absolute Gasteiger partial charge is 0.493 e. The van der Waals surface area contributed by atoms with Gasteiger partial charge in [-0.1, -0.05) is 17.7 Å². The van der Waals surface area contributed by atoms with Crippen LogP contribution in [0, 0.1) is 0 Å². The molecule has 1 amide bonds. The summed E-state index contributed by atoms with van der Waals surface area (Å²) in [6.07, 6.45) is -4.88. The van der Waals surface area contributed by atoms with E-state index in [1.54, 1.807) is 42.5 Å². The number of benzene rings is 2. The number of fused-ring (bicyclic) bond motifs is 1. The van der Waals surface area contributed by atoms with Gasteiger partial charge in [0.15, 0.2) is 23.2 Å². The van der Waals surface area contributed by atoms with Crippen LogP contribution in [-0.2, 0) is 0 Å². The van der Waals surface area contributed by atoms with Gasteiger partial charge in [0.1, 0.15) is 5.82 Å². The van der Waals surface area contributed by atoms with Crippen molar-refractivity contribution in [3.8, 4) is 11.5 Å². The molecule has 7 nitrogen and oxygen atoms in total. The first-order valence-corrected chi connectivity index (χ1v) is 10.3. The zero-order valence-electron chi connectivity index (χ0n) is 17.6. The highest BCUT2D eigenvalue weighted by molar-refractivity contribution is 6.30. The molecule has 2 N–H and O–H groups in total. The van der Waals surface area contributed by atoms with Crippen LogP contribution in [0.25, 0.3) is 0 Å². The summed E-state index contributed by atoms with van der Waals surface area (Å²) in [5, 5.41) is 10.1. The van der Waals surface area contributed by atoms with Gasteiger partial charge in [0.25, 0.3) is 5.91 Å². The van der Waals surface area contributed by atoms with Crippen molar-refractivity contribution in [1.82, 2.24) is 9.78 Å². The molecular formula is C22H20ClF3N4O3. The van der Waals surface area contributed by atoms with E-state index in [-0.39, 0.29) is 17.9 Å². The highest BCUT2D eigenvalue weighted by Crippen LogP contribution is 2.44. The molecule has 11 heteroatoms. The van der Waals surface area contributed by atoms with E-state index < -0.39 is 24.2 Å². The minimum Gasteiger partial charge on any atom is -0.493 e. The van der Waals surface area contributed by atoms with E-state index in [2.05, 4.69) is 15.7 Å². The summed E-state index contributed by atoms with van der Waals surface area (Å²) in [5.41, 5.74) is 0.884. The second kappa shape index (κ2) is 8.86. The average molecular weight is 481 g/mol. The van der Waals surface area contributed by atoms with Gasteiger partial charge in [0.2, 0.25) is 0 Å². The normalized spacial score (nSPS) is 17.6. The Morgan fingerprint density at radius 2 is 1.82 bits per heavy atom. The SMILES string of the molecule is COc1ccc(C2CC(C(F)(F)F)n3nc(C(=O)Nc4ccc(Cl)cc4)cc3N2)cc1OC. The summed E-state index contributed by atoms with van der Waals surface area (Å²) in [7, 11) is 2.93. The van der Waals surface area contributed by atoms with E-state index in [1.807, 2.05) is 0 Å². The molecule has 2 aromatic carbocycles. The number of anilines is 2. The van der Waals surface area contributed by atoms with Crippen LogP contribution in [0.4, 0.5) is 24.7 Å². The molecule has 0 aliphatic carbocycles. The summed E-state index contributed by atoms with van der Waals surface area (Å²) < 4.78 is 53.1. The number of alkyl halides is 3. The molecule has 0 radical (unpaired) electrons. The lowest BCUT2D eigenvalue weighted by Crippen LogP contribution is -2.35. The molecule has 2 unspecified atom stereocenters. The lowest BCUT2D eigenvalue weighted by molar-refractivity contribution is -0.173. The topological polar surface area (TPSA) is 77.4 Å². The van der Waals surface area contributed by atoms with E-state index in [0.717, 1.165) is 4.68 Å². The maximum atomic E-state index is 13.9. The minimum atomic E-state index is -4.57. The Morgan fingerprint density at radius 3 is 2.45 bits per heavy atom. The number of nitrogens with zero attached hydrogens (tertiary/aromatic N) is 2. The second-order valence-corrected chi connectivity index (χ2v) is 7.86. The summed E-state index contributed by atoms with van der Waals surface area (Å²) in [5.74, 6) is 0.326. The maximum Gasteiger partial charge on any atom is 0.410 e. The Bertz CT molecular complexity index is 1160. The summed E-state index contributed by atoms with van der Waals surface area (Å²) in [6.45, 7) is 0. The number of rotatable bonds is 5. The molecule has 1 aliphatic rings. The Kier molecular flexibility index (Phi) is 6.11. The van der Waals surface area contributed by atoms with Gasteiger partial charge in [-0.15, -0.1) is 0 Å². The lowest BCUT2D eigenvalue weighted by Gasteiger charge is -2.33. The minimum absolute atomic E-state index is 0.0876. The second-order valence-electron chi connectivity index (χ2n) is 7.42. The Morgan fingerprint density at radius 1 is 1.12 bits per heavy atom. The van der Waals surface area contributed by atoms with E-state index in [1.165, 1.54) is 20.3 Å². The molecule has 1 aromatic heterocycles. The van der Waals surface area contributed by atoms with E-state index in [0.29, 0.717) is 27.8 Å². The molecule has 0 saturated heterocycles. The summed E-state index contributed by atoms with van der Waals surface area (Å²) >= 11 is 5.83. The zero-order valence-corrected chi connectivity index (χ0v) is 18.4. The van der Waals surface area contributed by atoms with Crippen molar-refractivity contribution in [3.63, 3.8) is 0 Å². The Labute approximate surface area is 192 Å². The molecule has 2 heterocycles. The van der Waals surface area contributed by atoms with Gasteiger partial charge in [-0.05, 0) is 42.0 Å². The van der Waals surface area contributed by atoms with Gasteiger partial charge >= 0.3 is 6.18 Å². The number of hydrogen-bond acceptors (Lipinski definition) is 5. The van der Waals surface area contributed by atoms with Gasteiger partial charge in [-0.25, -0.2) is 4.68 Å². The highest BCUT2D eigenvalue weighted by Gasteiger charge is 2.47. The smallest absolute Gasteiger partial charge is 0.410 e. The van der Waals surface area contributed by atoms with Crippen LogP contribution >= 0.6 is 11.6 Å². The fourth-order valence-electron chi connectivity index (χ4n) is 3.70. The summed E-state index contributed by atoms with van der Waals surface area (Å²) in [6, 6.07) is 9.98. The maximum absolute atomic E-state index is 13.9. The first kappa shape index (κ1) is 22.8. The number of carbonyl (C=O) groups is 1. The molecule has 0 saturated carbocycles. The van der Waals surface area contributed by atoms with Gasteiger partial charge in [-0.3, -0.25) is 4.79 Å². The van der Waals surface area contributed by atoms with Crippen LogP contribution in [0.15, 0.2) is 48.5 Å². The van der Waals surface area contributed by atoms with Gasteiger partial charge < -0.3 is 20.1 Å². The van der Waals surface area contributed by atoms with Gasteiger partial charge in [0, 0.05) is 23.2 Å². The van der Waals surface area contributed by atoms with Crippen LogP contribution in [0.1, 0.15) is 34.6 Å². The van der Waals surface area contributed by atoms with Crippen LogP contribution in [0.5, 0.6) is 11.5 Å². The molecule has 4 rings (SSSR count). The first-order valence-electron chi connectivity index (χ1n) is 9.91. The lowest BCUT2D eigenvalue weighted by atomic mass is 9.96. The van der Waals surface area contributed by atoms with Crippen LogP contribution in [0.2, 0.25) is 5.02 Å². The number of halogens is 4. The van der Waals surface area contributed by atoms with E-state index in [9.17, 15) is 18.0 Å². The number of aromatic nitrogens is 2. The van der Waals surface area contributed by atoms with Crippen molar-refractivity contribution in [2.24, 2.45) is 0 Å². The number of methoxy groups -OCH3 is 2.